The molecule has 2 heterocycles. The molecule has 1 saturated carbocycles. The topological polar surface area (TPSA) is 113 Å². The van der Waals surface area contributed by atoms with E-state index in [9.17, 15) is 10.0 Å². The maximum Gasteiger partial charge on any atom is 0.227 e. The van der Waals surface area contributed by atoms with Gasteiger partial charge in [-0.1, -0.05) is 30.9 Å². The van der Waals surface area contributed by atoms with Gasteiger partial charge in [0.15, 0.2) is 5.82 Å². The summed E-state index contributed by atoms with van der Waals surface area (Å²) in [5, 5.41) is 28.2. The number of carbonyl (C=O) groups is 1. The summed E-state index contributed by atoms with van der Waals surface area (Å²) in [4.78, 5) is 15.4. The average molecular weight is 355 g/mol. The number of rotatable bonds is 6. The minimum absolute atomic E-state index is 0.0393. The summed E-state index contributed by atoms with van der Waals surface area (Å²) >= 11 is 0. The third-order valence-corrected chi connectivity index (χ3v) is 5.08. The number of nitrogens with zero attached hydrogens (tertiary/aromatic N) is 6. The molecular formula is C17H21N7O2. The van der Waals surface area contributed by atoms with E-state index in [-0.39, 0.29) is 12.5 Å². The summed E-state index contributed by atoms with van der Waals surface area (Å²) in [5.41, 5.74) is 1.32. The number of amides is 1. The largest absolute Gasteiger partial charge is 0.411 e. The van der Waals surface area contributed by atoms with Crippen LogP contribution in [0.25, 0.3) is 10.9 Å². The molecule has 1 aliphatic carbocycles. The summed E-state index contributed by atoms with van der Waals surface area (Å²) in [6.45, 7) is 0.249. The van der Waals surface area contributed by atoms with Crippen molar-refractivity contribution in [1.82, 2.24) is 30.6 Å². The Hall–Kier alpha value is -2.97. The Kier molecular flexibility index (Phi) is 4.51. The molecule has 4 rings (SSSR count). The molecule has 0 saturated heterocycles. The standard InChI is InChI=1S/C17H21N7O2/c25-17(8-5-12-3-1-2-4-12)23(11-16-19-21-22-20-16)14-6-7-15-13(9-14)10-18-24(15)26/h6-7,9-10,12,26H,1-5,8,11H2,(H,19,20,21,22). The summed E-state index contributed by atoms with van der Waals surface area (Å²) < 4.78 is 0. The highest BCUT2D eigenvalue weighted by molar-refractivity contribution is 5.95. The molecule has 1 amide bonds. The lowest BCUT2D eigenvalue weighted by molar-refractivity contribution is -0.119. The SMILES string of the molecule is O=C(CCC1CCCC1)N(Cc1nn[nH]n1)c1ccc2c(cnn2O)c1. The molecule has 1 fully saturated rings. The highest BCUT2D eigenvalue weighted by Crippen LogP contribution is 2.30. The number of aromatic nitrogens is 6. The van der Waals surface area contributed by atoms with Gasteiger partial charge in [0.1, 0.15) is 5.52 Å². The number of hydrogen-bond donors (Lipinski definition) is 2. The van der Waals surface area contributed by atoms with Gasteiger partial charge < -0.3 is 10.1 Å². The van der Waals surface area contributed by atoms with Crippen LogP contribution in [0.5, 0.6) is 0 Å². The second-order valence-electron chi connectivity index (χ2n) is 6.77. The fraction of sp³-hybridized carbons (Fsp3) is 0.471. The van der Waals surface area contributed by atoms with E-state index in [1.54, 1.807) is 23.2 Å². The lowest BCUT2D eigenvalue weighted by Gasteiger charge is -2.22. The van der Waals surface area contributed by atoms with Crippen molar-refractivity contribution in [2.75, 3.05) is 4.90 Å². The van der Waals surface area contributed by atoms with E-state index < -0.39 is 0 Å². The Balaban J connectivity index is 1.57. The number of aromatic amines is 1. The number of fused-ring (bicyclic) bond motifs is 1. The molecule has 9 heteroatoms. The first-order valence-electron chi connectivity index (χ1n) is 8.90. The first-order valence-corrected chi connectivity index (χ1v) is 8.90. The molecule has 0 bridgehead atoms. The minimum Gasteiger partial charge on any atom is -0.411 e. The molecule has 9 nitrogen and oxygen atoms in total. The number of carbonyl (C=O) groups excluding carboxylic acids is 1. The fourth-order valence-electron chi connectivity index (χ4n) is 3.65. The van der Waals surface area contributed by atoms with Gasteiger partial charge in [-0.25, -0.2) is 0 Å². The smallest absolute Gasteiger partial charge is 0.227 e. The van der Waals surface area contributed by atoms with Crippen molar-refractivity contribution in [2.24, 2.45) is 5.92 Å². The van der Waals surface area contributed by atoms with E-state index in [1.165, 1.54) is 25.7 Å². The zero-order valence-corrected chi connectivity index (χ0v) is 14.4. The van der Waals surface area contributed by atoms with Crippen LogP contribution in [0, 0.1) is 5.92 Å². The Morgan fingerprint density at radius 1 is 1.35 bits per heavy atom. The summed E-state index contributed by atoms with van der Waals surface area (Å²) in [7, 11) is 0. The highest BCUT2D eigenvalue weighted by Gasteiger charge is 2.22. The van der Waals surface area contributed by atoms with Crippen LogP contribution in [-0.4, -0.2) is 41.7 Å². The van der Waals surface area contributed by atoms with E-state index >= 15 is 0 Å². The zero-order valence-electron chi connectivity index (χ0n) is 14.4. The van der Waals surface area contributed by atoms with Gasteiger partial charge in [-0.15, -0.1) is 20.1 Å². The molecule has 2 N–H and O–H groups in total. The zero-order chi connectivity index (χ0) is 17.9. The number of hydrogen-bond acceptors (Lipinski definition) is 6. The maximum atomic E-state index is 12.9. The molecule has 1 aromatic carbocycles. The van der Waals surface area contributed by atoms with Gasteiger partial charge in [0.25, 0.3) is 0 Å². The lowest BCUT2D eigenvalue weighted by Crippen LogP contribution is -2.31. The Morgan fingerprint density at radius 2 is 2.19 bits per heavy atom. The predicted octanol–water partition coefficient (Wildman–Crippen LogP) is 2.29. The monoisotopic (exact) mass is 355 g/mol. The van der Waals surface area contributed by atoms with Crippen molar-refractivity contribution in [3.8, 4) is 0 Å². The molecule has 0 atom stereocenters. The first-order chi connectivity index (χ1) is 12.7. The number of tetrazole rings is 1. The van der Waals surface area contributed by atoms with Crippen LogP contribution in [0.15, 0.2) is 24.4 Å². The Labute approximate surface area is 149 Å². The number of benzene rings is 1. The molecule has 26 heavy (non-hydrogen) atoms. The molecule has 2 aromatic heterocycles. The number of nitrogens with one attached hydrogen (secondary N) is 1. The average Bonchev–Trinajstić information content (AvgIpc) is 3.40. The van der Waals surface area contributed by atoms with Gasteiger partial charge in [0, 0.05) is 17.5 Å². The van der Waals surface area contributed by atoms with Crippen molar-refractivity contribution in [3.63, 3.8) is 0 Å². The predicted molar refractivity (Wildman–Crippen MR) is 93.5 cm³/mol. The summed E-state index contributed by atoms with van der Waals surface area (Å²) in [6, 6.07) is 5.37. The lowest BCUT2D eigenvalue weighted by atomic mass is 10.0. The van der Waals surface area contributed by atoms with Crippen LogP contribution in [-0.2, 0) is 11.3 Å². The van der Waals surface area contributed by atoms with Crippen molar-refractivity contribution in [3.05, 3.63) is 30.2 Å². The van der Waals surface area contributed by atoms with Crippen LogP contribution in [0.1, 0.15) is 44.3 Å². The third-order valence-electron chi connectivity index (χ3n) is 5.08. The number of H-pyrrole nitrogens is 1. The van der Waals surface area contributed by atoms with Gasteiger partial charge in [0.05, 0.1) is 12.7 Å². The molecule has 0 spiro atoms. The molecule has 136 valence electrons. The van der Waals surface area contributed by atoms with Gasteiger partial charge >= 0.3 is 0 Å². The van der Waals surface area contributed by atoms with Crippen LogP contribution in [0.2, 0.25) is 0 Å². The van der Waals surface area contributed by atoms with Gasteiger partial charge in [-0.3, -0.25) is 4.79 Å². The fourth-order valence-corrected chi connectivity index (χ4v) is 3.65. The summed E-state index contributed by atoms with van der Waals surface area (Å²) in [5.74, 6) is 1.15. The second kappa shape index (κ2) is 7.11. The van der Waals surface area contributed by atoms with Gasteiger partial charge in [-0.05, 0) is 30.5 Å². The van der Waals surface area contributed by atoms with E-state index in [0.717, 1.165) is 22.3 Å². The van der Waals surface area contributed by atoms with E-state index in [0.29, 0.717) is 23.7 Å². The van der Waals surface area contributed by atoms with E-state index in [1.807, 2.05) is 6.07 Å². The van der Waals surface area contributed by atoms with Gasteiger partial charge in [-0.2, -0.15) is 5.21 Å². The van der Waals surface area contributed by atoms with Crippen molar-refractivity contribution >= 4 is 22.5 Å². The molecule has 0 unspecified atom stereocenters. The molecule has 3 aromatic rings. The minimum atomic E-state index is 0.0393. The van der Waals surface area contributed by atoms with Crippen LogP contribution in [0.3, 0.4) is 0 Å². The van der Waals surface area contributed by atoms with E-state index in [2.05, 4.69) is 25.7 Å². The summed E-state index contributed by atoms with van der Waals surface area (Å²) in [6.07, 6.45) is 7.96. The molecule has 1 aliphatic rings. The molecule has 0 aliphatic heterocycles. The third kappa shape index (κ3) is 3.37. The molecule has 0 radical (unpaired) electrons. The van der Waals surface area contributed by atoms with E-state index in [4.69, 9.17) is 0 Å². The van der Waals surface area contributed by atoms with Crippen molar-refractivity contribution in [1.29, 1.82) is 0 Å². The quantitative estimate of drug-likeness (QED) is 0.656. The van der Waals surface area contributed by atoms with Crippen molar-refractivity contribution in [2.45, 2.75) is 45.1 Å². The Morgan fingerprint density at radius 3 is 2.96 bits per heavy atom. The normalized spacial score (nSPS) is 14.9. The maximum absolute atomic E-state index is 12.9. The van der Waals surface area contributed by atoms with Crippen LogP contribution >= 0.6 is 0 Å². The van der Waals surface area contributed by atoms with Crippen molar-refractivity contribution < 1.29 is 10.0 Å². The first kappa shape index (κ1) is 16.5. The number of anilines is 1. The molecular weight excluding hydrogens is 334 g/mol. The Bertz CT molecular complexity index is 884. The van der Waals surface area contributed by atoms with Gasteiger partial charge in [0.2, 0.25) is 5.91 Å². The second-order valence-corrected chi connectivity index (χ2v) is 6.77. The highest BCUT2D eigenvalue weighted by atomic mass is 16.5. The van der Waals surface area contributed by atoms with Crippen LogP contribution < -0.4 is 4.90 Å². The van der Waals surface area contributed by atoms with Crippen LogP contribution in [0.4, 0.5) is 5.69 Å².